The van der Waals surface area contributed by atoms with Gasteiger partial charge in [-0.05, 0) is 60.6 Å². The number of aryl methyl sites for hydroxylation is 1. The molecule has 1 amide bonds. The molecule has 158 valence electrons. The first-order chi connectivity index (χ1) is 15.2. The molecule has 4 heteroatoms. The molecule has 3 aromatic rings. The highest BCUT2D eigenvalue weighted by Crippen LogP contribution is 2.20. The molecule has 0 aromatic heterocycles. The minimum atomic E-state index is -0.169. The number of fused-ring (bicyclic) bond motifs is 1. The van der Waals surface area contributed by atoms with E-state index in [4.69, 9.17) is 0 Å². The number of rotatable bonds is 7. The molecule has 31 heavy (non-hydrogen) atoms. The molecule has 0 fully saturated rings. The molecular weight excluding hydrogens is 382 g/mol. The predicted octanol–water partition coefficient (Wildman–Crippen LogP) is 4.98. The maximum absolute atomic E-state index is 12.4. The lowest BCUT2D eigenvalue weighted by atomic mass is 9.99. The fraction of sp³-hybridized carbons (Fsp3) is 0.259. The second-order valence-corrected chi connectivity index (χ2v) is 8.20. The summed E-state index contributed by atoms with van der Waals surface area (Å²) in [5.74, 6) is -0.169. The Balaban J connectivity index is 1.27. The summed E-state index contributed by atoms with van der Waals surface area (Å²) in [6, 6.07) is 26.8. The van der Waals surface area contributed by atoms with Gasteiger partial charge in [0.2, 0.25) is 0 Å². The number of amides is 1. The van der Waals surface area contributed by atoms with Crippen molar-refractivity contribution in [2.24, 2.45) is 5.10 Å². The molecule has 0 atom stereocenters. The second kappa shape index (κ2) is 10.2. The van der Waals surface area contributed by atoms with Crippen molar-refractivity contribution >= 4 is 11.6 Å². The van der Waals surface area contributed by atoms with Crippen molar-refractivity contribution in [1.82, 2.24) is 10.3 Å². The summed E-state index contributed by atoms with van der Waals surface area (Å²) in [4.78, 5) is 14.9. The standard InChI is InChI=1S/C27H29N3O/c1-21(11-12-22-7-3-2-4-8-22)28-29-27(31)25-15-13-23(14-16-25)19-30-18-17-24-9-5-6-10-26(24)20-30/h2-10,13-16H,11-12,17-20H2,1H3,(H,29,31)/b28-21-. The van der Waals surface area contributed by atoms with Crippen LogP contribution in [0.4, 0.5) is 0 Å². The van der Waals surface area contributed by atoms with Gasteiger partial charge in [-0.15, -0.1) is 0 Å². The highest BCUT2D eigenvalue weighted by Gasteiger charge is 2.16. The molecule has 4 rings (SSSR count). The minimum absolute atomic E-state index is 0.169. The maximum atomic E-state index is 12.4. The van der Waals surface area contributed by atoms with E-state index in [-0.39, 0.29) is 5.91 Å². The van der Waals surface area contributed by atoms with Gasteiger partial charge in [0.15, 0.2) is 0 Å². The van der Waals surface area contributed by atoms with E-state index < -0.39 is 0 Å². The van der Waals surface area contributed by atoms with E-state index in [1.54, 1.807) is 0 Å². The fourth-order valence-corrected chi connectivity index (χ4v) is 3.95. The van der Waals surface area contributed by atoms with Gasteiger partial charge < -0.3 is 0 Å². The van der Waals surface area contributed by atoms with Gasteiger partial charge >= 0.3 is 0 Å². The van der Waals surface area contributed by atoms with E-state index in [1.807, 2.05) is 49.4 Å². The number of hydrazone groups is 1. The van der Waals surface area contributed by atoms with Crippen LogP contribution in [0.15, 0.2) is 84.0 Å². The SMILES string of the molecule is C/C(CCc1ccccc1)=N/NC(=O)c1ccc(CN2CCc3ccccc3C2)cc1. The fourth-order valence-electron chi connectivity index (χ4n) is 3.95. The zero-order chi connectivity index (χ0) is 21.5. The highest BCUT2D eigenvalue weighted by atomic mass is 16.2. The molecule has 0 radical (unpaired) electrons. The zero-order valence-corrected chi connectivity index (χ0v) is 18.1. The van der Waals surface area contributed by atoms with E-state index in [2.05, 4.69) is 51.8 Å². The Morgan fingerprint density at radius 3 is 2.39 bits per heavy atom. The Morgan fingerprint density at radius 2 is 1.61 bits per heavy atom. The second-order valence-electron chi connectivity index (χ2n) is 8.20. The molecule has 3 aromatic carbocycles. The van der Waals surface area contributed by atoms with Gasteiger partial charge in [0.05, 0.1) is 0 Å². The quantitative estimate of drug-likeness (QED) is 0.440. The van der Waals surface area contributed by atoms with Gasteiger partial charge in [0.1, 0.15) is 0 Å². The van der Waals surface area contributed by atoms with E-state index in [1.165, 1.54) is 22.3 Å². The number of nitrogens with zero attached hydrogens (tertiary/aromatic N) is 2. The third-order valence-electron chi connectivity index (χ3n) is 5.80. The molecule has 0 unspecified atom stereocenters. The van der Waals surface area contributed by atoms with Gasteiger partial charge in [-0.25, -0.2) is 5.43 Å². The third kappa shape index (κ3) is 5.89. The van der Waals surface area contributed by atoms with Crippen LogP contribution in [-0.4, -0.2) is 23.1 Å². The number of benzene rings is 3. The summed E-state index contributed by atoms with van der Waals surface area (Å²) in [6.07, 6.45) is 2.84. The first kappa shape index (κ1) is 21.0. The highest BCUT2D eigenvalue weighted by molar-refractivity contribution is 5.95. The molecule has 1 N–H and O–H groups in total. The summed E-state index contributed by atoms with van der Waals surface area (Å²) >= 11 is 0. The van der Waals surface area contributed by atoms with E-state index in [9.17, 15) is 4.79 Å². The summed E-state index contributed by atoms with van der Waals surface area (Å²) in [7, 11) is 0. The van der Waals surface area contributed by atoms with E-state index >= 15 is 0 Å². The van der Waals surface area contributed by atoms with Crippen LogP contribution in [0.1, 0.15) is 46.0 Å². The topological polar surface area (TPSA) is 44.7 Å². The van der Waals surface area contributed by atoms with E-state index in [0.717, 1.165) is 44.6 Å². The van der Waals surface area contributed by atoms with Crippen LogP contribution < -0.4 is 5.43 Å². The Hall–Kier alpha value is -3.24. The van der Waals surface area contributed by atoms with Crippen LogP contribution in [0, 0.1) is 0 Å². The van der Waals surface area contributed by atoms with Crippen molar-refractivity contribution < 1.29 is 4.79 Å². The van der Waals surface area contributed by atoms with Crippen LogP contribution in [-0.2, 0) is 25.9 Å². The summed E-state index contributed by atoms with van der Waals surface area (Å²) < 4.78 is 0. The largest absolute Gasteiger partial charge is 0.294 e. The predicted molar refractivity (Wildman–Crippen MR) is 126 cm³/mol. The van der Waals surface area contributed by atoms with Crippen LogP contribution in [0.5, 0.6) is 0 Å². The lowest BCUT2D eigenvalue weighted by molar-refractivity contribution is 0.0954. The lowest BCUT2D eigenvalue weighted by Crippen LogP contribution is -2.30. The van der Waals surface area contributed by atoms with Crippen LogP contribution in [0.25, 0.3) is 0 Å². The first-order valence-corrected chi connectivity index (χ1v) is 10.9. The zero-order valence-electron chi connectivity index (χ0n) is 18.1. The van der Waals surface area contributed by atoms with Gasteiger partial charge in [0, 0.05) is 30.9 Å². The smallest absolute Gasteiger partial charge is 0.271 e. The van der Waals surface area contributed by atoms with Gasteiger partial charge in [-0.2, -0.15) is 5.10 Å². The normalized spacial score (nSPS) is 14.2. The lowest BCUT2D eigenvalue weighted by Gasteiger charge is -2.28. The molecule has 0 spiro atoms. The molecule has 4 nitrogen and oxygen atoms in total. The number of nitrogens with one attached hydrogen (secondary N) is 1. The summed E-state index contributed by atoms with van der Waals surface area (Å²) in [5, 5.41) is 4.26. The Morgan fingerprint density at radius 1 is 0.903 bits per heavy atom. The number of carbonyl (C=O) groups is 1. The maximum Gasteiger partial charge on any atom is 0.271 e. The Labute approximate surface area is 184 Å². The van der Waals surface area contributed by atoms with Crippen molar-refractivity contribution in [3.8, 4) is 0 Å². The minimum Gasteiger partial charge on any atom is -0.294 e. The number of hydrogen-bond acceptors (Lipinski definition) is 3. The van der Waals surface area contributed by atoms with Crippen molar-refractivity contribution in [3.63, 3.8) is 0 Å². The van der Waals surface area contributed by atoms with Crippen molar-refractivity contribution in [1.29, 1.82) is 0 Å². The monoisotopic (exact) mass is 411 g/mol. The third-order valence-corrected chi connectivity index (χ3v) is 5.80. The molecule has 1 aliphatic heterocycles. The van der Waals surface area contributed by atoms with Gasteiger partial charge in [0.25, 0.3) is 5.91 Å². The van der Waals surface area contributed by atoms with Crippen LogP contribution >= 0.6 is 0 Å². The van der Waals surface area contributed by atoms with Crippen LogP contribution in [0.3, 0.4) is 0 Å². The average molecular weight is 412 g/mol. The molecule has 0 aliphatic carbocycles. The Bertz CT molecular complexity index is 1040. The summed E-state index contributed by atoms with van der Waals surface area (Å²) in [5.41, 5.74) is 9.61. The summed E-state index contributed by atoms with van der Waals surface area (Å²) in [6.45, 7) is 4.89. The average Bonchev–Trinajstić information content (AvgIpc) is 2.82. The Kier molecular flexibility index (Phi) is 6.90. The van der Waals surface area contributed by atoms with Crippen molar-refractivity contribution in [2.45, 2.75) is 39.3 Å². The van der Waals surface area contributed by atoms with Gasteiger partial charge in [-0.1, -0.05) is 66.7 Å². The molecular formula is C27H29N3O. The van der Waals surface area contributed by atoms with Crippen molar-refractivity contribution in [2.75, 3.05) is 6.54 Å². The number of carbonyl (C=O) groups excluding carboxylic acids is 1. The van der Waals surface area contributed by atoms with Crippen molar-refractivity contribution in [3.05, 3.63) is 107 Å². The van der Waals surface area contributed by atoms with Crippen LogP contribution in [0.2, 0.25) is 0 Å². The molecule has 0 saturated carbocycles. The first-order valence-electron chi connectivity index (χ1n) is 10.9. The molecule has 0 saturated heterocycles. The number of hydrogen-bond donors (Lipinski definition) is 1. The molecule has 1 aliphatic rings. The molecule has 1 heterocycles. The van der Waals surface area contributed by atoms with Gasteiger partial charge in [-0.3, -0.25) is 9.69 Å². The van der Waals surface area contributed by atoms with E-state index in [0.29, 0.717) is 5.56 Å². The molecule has 0 bridgehead atoms.